The van der Waals surface area contributed by atoms with E-state index in [-0.39, 0.29) is 4.90 Å². The second kappa shape index (κ2) is 6.06. The zero-order valence-electron chi connectivity index (χ0n) is 10.7. The molecule has 2 rings (SSSR count). The molecule has 5 nitrogen and oxygen atoms in total. The monoisotopic (exact) mass is 311 g/mol. The van der Waals surface area contributed by atoms with Gasteiger partial charge in [0.1, 0.15) is 0 Å². The molecule has 0 radical (unpaired) electrons. The minimum Gasteiger partial charge on any atom is -0.462 e. The van der Waals surface area contributed by atoms with Crippen molar-refractivity contribution in [1.29, 1.82) is 0 Å². The van der Waals surface area contributed by atoms with E-state index in [9.17, 15) is 13.2 Å². The highest BCUT2D eigenvalue weighted by Crippen LogP contribution is 2.18. The van der Waals surface area contributed by atoms with E-state index in [1.54, 1.807) is 17.7 Å². The van der Waals surface area contributed by atoms with Gasteiger partial charge in [-0.2, -0.15) is 11.3 Å². The summed E-state index contributed by atoms with van der Waals surface area (Å²) in [6.07, 6.45) is 0. The second-order valence-corrected chi connectivity index (χ2v) is 6.32. The van der Waals surface area contributed by atoms with Gasteiger partial charge in [0.15, 0.2) is 0 Å². The Morgan fingerprint density at radius 1 is 1.25 bits per heavy atom. The molecular weight excluding hydrogens is 298 g/mol. The average molecular weight is 311 g/mol. The Balaban J connectivity index is 2.14. The van der Waals surface area contributed by atoms with Gasteiger partial charge in [-0.05, 0) is 42.6 Å². The van der Waals surface area contributed by atoms with E-state index in [2.05, 4.69) is 4.72 Å². The van der Waals surface area contributed by atoms with E-state index >= 15 is 0 Å². The Morgan fingerprint density at radius 2 is 1.95 bits per heavy atom. The van der Waals surface area contributed by atoms with Crippen molar-refractivity contribution in [3.8, 4) is 0 Å². The number of nitrogens with one attached hydrogen (secondary N) is 1. The lowest BCUT2D eigenvalue weighted by atomic mass is 10.2. The van der Waals surface area contributed by atoms with E-state index in [0.717, 1.165) is 0 Å². The fraction of sp³-hybridized carbons (Fsp3) is 0.154. The molecule has 0 atom stereocenters. The van der Waals surface area contributed by atoms with Crippen molar-refractivity contribution < 1.29 is 17.9 Å². The lowest BCUT2D eigenvalue weighted by Gasteiger charge is -2.07. The number of carbonyl (C=O) groups is 1. The van der Waals surface area contributed by atoms with Gasteiger partial charge in [0.05, 0.1) is 17.1 Å². The molecular formula is C13H13NO4S2. The summed E-state index contributed by atoms with van der Waals surface area (Å²) in [7, 11) is -3.57. The summed E-state index contributed by atoms with van der Waals surface area (Å²) in [5, 5.41) is 3.24. The number of anilines is 1. The van der Waals surface area contributed by atoms with Crippen LogP contribution in [0.3, 0.4) is 0 Å². The first-order valence-electron chi connectivity index (χ1n) is 5.85. The quantitative estimate of drug-likeness (QED) is 0.862. The second-order valence-electron chi connectivity index (χ2n) is 3.86. The average Bonchev–Trinajstić information content (AvgIpc) is 2.94. The van der Waals surface area contributed by atoms with Crippen LogP contribution < -0.4 is 4.72 Å². The summed E-state index contributed by atoms with van der Waals surface area (Å²) in [4.78, 5) is 11.7. The van der Waals surface area contributed by atoms with Crippen LogP contribution in [0.25, 0.3) is 0 Å². The molecule has 0 aliphatic heterocycles. The van der Waals surface area contributed by atoms with E-state index in [4.69, 9.17) is 4.74 Å². The first kappa shape index (κ1) is 14.5. The van der Waals surface area contributed by atoms with Crippen molar-refractivity contribution in [2.45, 2.75) is 11.8 Å². The van der Waals surface area contributed by atoms with Gasteiger partial charge in [0.2, 0.25) is 0 Å². The Morgan fingerprint density at radius 3 is 2.50 bits per heavy atom. The lowest BCUT2D eigenvalue weighted by Crippen LogP contribution is -2.12. The van der Waals surface area contributed by atoms with Crippen LogP contribution >= 0.6 is 11.3 Å². The number of esters is 1. The molecule has 106 valence electrons. The third-order valence-electron chi connectivity index (χ3n) is 2.45. The van der Waals surface area contributed by atoms with Gasteiger partial charge < -0.3 is 4.74 Å². The summed E-state index contributed by atoms with van der Waals surface area (Å²) in [6.45, 7) is 2.02. The molecule has 0 unspecified atom stereocenters. The van der Waals surface area contributed by atoms with Crippen LogP contribution in [-0.2, 0) is 14.8 Å². The fourth-order valence-electron chi connectivity index (χ4n) is 1.51. The fourth-order valence-corrected chi connectivity index (χ4v) is 3.60. The van der Waals surface area contributed by atoms with E-state index in [1.165, 1.54) is 41.7 Å². The van der Waals surface area contributed by atoms with Gasteiger partial charge in [0.25, 0.3) is 10.0 Å². The number of rotatable bonds is 5. The summed E-state index contributed by atoms with van der Waals surface area (Å²) in [5.41, 5.74) is 0.773. The highest BCUT2D eigenvalue weighted by Gasteiger charge is 2.14. The van der Waals surface area contributed by atoms with Crippen LogP contribution in [0, 0.1) is 0 Å². The van der Waals surface area contributed by atoms with Crippen LogP contribution in [0.4, 0.5) is 5.69 Å². The highest BCUT2D eigenvalue weighted by atomic mass is 32.2. The molecule has 0 aliphatic carbocycles. The summed E-state index contributed by atoms with van der Waals surface area (Å²) >= 11 is 1.31. The predicted octanol–water partition coefficient (Wildman–Crippen LogP) is 2.73. The van der Waals surface area contributed by atoms with Gasteiger partial charge in [-0.1, -0.05) is 0 Å². The highest BCUT2D eigenvalue weighted by molar-refractivity contribution is 7.92. The van der Waals surface area contributed by atoms with Gasteiger partial charge in [-0.15, -0.1) is 0 Å². The van der Waals surface area contributed by atoms with Gasteiger partial charge >= 0.3 is 5.97 Å². The maximum atomic E-state index is 12.0. The third-order valence-corrected chi connectivity index (χ3v) is 4.67. The molecule has 0 spiro atoms. The SMILES string of the molecule is CCOC(=O)c1ccc(NS(=O)(=O)c2ccsc2)cc1. The summed E-state index contributed by atoms with van der Waals surface area (Å²) < 4.78 is 31.3. The van der Waals surface area contributed by atoms with E-state index in [1.807, 2.05) is 0 Å². The molecule has 1 aromatic carbocycles. The Bertz CT molecular complexity index is 676. The van der Waals surface area contributed by atoms with Gasteiger partial charge in [-0.25, -0.2) is 13.2 Å². The topological polar surface area (TPSA) is 72.5 Å². The Hall–Kier alpha value is -1.86. The number of hydrogen-bond acceptors (Lipinski definition) is 5. The van der Waals surface area contributed by atoms with Crippen molar-refractivity contribution in [2.75, 3.05) is 11.3 Å². The lowest BCUT2D eigenvalue weighted by molar-refractivity contribution is 0.0526. The van der Waals surface area contributed by atoms with E-state index < -0.39 is 16.0 Å². The van der Waals surface area contributed by atoms with Crippen LogP contribution in [0.2, 0.25) is 0 Å². The molecule has 0 fully saturated rings. The minimum absolute atomic E-state index is 0.219. The number of benzene rings is 1. The molecule has 0 bridgehead atoms. The maximum absolute atomic E-state index is 12.0. The minimum atomic E-state index is -3.57. The van der Waals surface area contributed by atoms with Crippen molar-refractivity contribution in [2.24, 2.45) is 0 Å². The number of thiophene rings is 1. The molecule has 0 aliphatic rings. The van der Waals surface area contributed by atoms with Crippen LogP contribution in [-0.4, -0.2) is 21.0 Å². The van der Waals surface area contributed by atoms with Crippen LogP contribution in [0.15, 0.2) is 46.0 Å². The Kier molecular flexibility index (Phi) is 4.41. The van der Waals surface area contributed by atoms with Crippen molar-refractivity contribution in [3.63, 3.8) is 0 Å². The number of ether oxygens (including phenoxy) is 1. The molecule has 0 saturated heterocycles. The third kappa shape index (κ3) is 3.37. The van der Waals surface area contributed by atoms with Crippen molar-refractivity contribution in [1.82, 2.24) is 0 Å². The largest absolute Gasteiger partial charge is 0.462 e. The molecule has 1 heterocycles. The van der Waals surface area contributed by atoms with Crippen molar-refractivity contribution >= 4 is 33.0 Å². The zero-order valence-corrected chi connectivity index (χ0v) is 12.3. The summed E-state index contributed by atoms with van der Waals surface area (Å²) in [6, 6.07) is 7.61. The first-order chi connectivity index (χ1) is 9.53. The molecule has 7 heteroatoms. The van der Waals surface area contributed by atoms with Gasteiger partial charge in [0, 0.05) is 11.1 Å². The maximum Gasteiger partial charge on any atom is 0.338 e. The van der Waals surface area contributed by atoms with Crippen LogP contribution in [0.5, 0.6) is 0 Å². The number of hydrogen-bond donors (Lipinski definition) is 1. The summed E-state index contributed by atoms with van der Waals surface area (Å²) in [5.74, 6) is -0.431. The molecule has 1 aromatic heterocycles. The molecule has 2 aromatic rings. The predicted molar refractivity (Wildman–Crippen MR) is 77.5 cm³/mol. The molecule has 1 N–H and O–H groups in total. The molecule has 20 heavy (non-hydrogen) atoms. The standard InChI is InChI=1S/C13H13NO4S2/c1-2-18-13(15)10-3-5-11(6-4-10)14-20(16,17)12-7-8-19-9-12/h3-9,14H,2H2,1H3. The molecule has 0 amide bonds. The van der Waals surface area contributed by atoms with Gasteiger partial charge in [-0.3, -0.25) is 4.72 Å². The first-order valence-corrected chi connectivity index (χ1v) is 8.28. The Labute approximate surface area is 121 Å². The smallest absolute Gasteiger partial charge is 0.338 e. The number of sulfonamides is 1. The zero-order chi connectivity index (χ0) is 14.6. The van der Waals surface area contributed by atoms with Crippen molar-refractivity contribution in [3.05, 3.63) is 46.7 Å². The van der Waals surface area contributed by atoms with Crippen LogP contribution in [0.1, 0.15) is 17.3 Å². The normalized spacial score (nSPS) is 11.1. The number of carbonyl (C=O) groups excluding carboxylic acids is 1. The molecule has 0 saturated carbocycles. The van der Waals surface area contributed by atoms with E-state index in [0.29, 0.717) is 17.9 Å².